The fourth-order valence-electron chi connectivity index (χ4n) is 2.79. The van der Waals surface area contributed by atoms with Crippen LogP contribution in [0.25, 0.3) is 11.1 Å². The number of allylic oxidation sites excluding steroid dienone is 4. The Morgan fingerprint density at radius 1 is 1.03 bits per heavy atom. The smallest absolute Gasteiger partial charge is 0.212 e. The Morgan fingerprint density at radius 3 is 1.94 bits per heavy atom. The van der Waals surface area contributed by atoms with Crippen molar-refractivity contribution in [1.29, 1.82) is 0 Å². The van der Waals surface area contributed by atoms with E-state index >= 15 is 0 Å². The Kier molecular flexibility index (Phi) is 23.7. The lowest BCUT2D eigenvalue weighted by molar-refractivity contribution is 0.112. The van der Waals surface area contributed by atoms with Crippen molar-refractivity contribution in [2.24, 2.45) is 5.92 Å². The van der Waals surface area contributed by atoms with E-state index in [0.29, 0.717) is 12.8 Å². The number of aromatic nitrogens is 2. The Morgan fingerprint density at radius 2 is 1.56 bits per heavy atom. The summed E-state index contributed by atoms with van der Waals surface area (Å²) in [4.78, 5) is 26.9. The largest absolute Gasteiger partial charge is 0.347 e. The van der Waals surface area contributed by atoms with E-state index in [1.54, 1.807) is 12.3 Å². The molecule has 0 unspecified atom stereocenters. The molecule has 2 aromatic rings. The summed E-state index contributed by atoms with van der Waals surface area (Å²) in [5, 5.41) is 0. The van der Waals surface area contributed by atoms with Crippen LogP contribution < -0.4 is 5.43 Å². The average Bonchev–Trinajstić information content (AvgIpc) is 2.87. The van der Waals surface area contributed by atoms with Crippen LogP contribution in [0.1, 0.15) is 118 Å². The lowest BCUT2D eigenvalue weighted by atomic mass is 9.99. The van der Waals surface area contributed by atoms with Crippen LogP contribution in [0.5, 0.6) is 0 Å². The predicted octanol–water partition coefficient (Wildman–Crippen LogP) is 9.24. The van der Waals surface area contributed by atoms with Crippen molar-refractivity contribution in [2.45, 2.75) is 103 Å². The third-order valence-electron chi connectivity index (χ3n) is 4.09. The molecule has 0 spiro atoms. The molecule has 0 N–H and O–H groups in total. The molecule has 0 aliphatic carbocycles. The highest BCUT2D eigenvalue weighted by molar-refractivity contribution is 5.84. The number of hydrogen-bond donors (Lipinski definition) is 0. The first-order chi connectivity index (χ1) is 17.1. The number of aryl methyl sites for hydroxylation is 1. The molecule has 0 aromatic carbocycles. The van der Waals surface area contributed by atoms with Crippen LogP contribution >= 0.6 is 0 Å². The highest BCUT2D eigenvalue weighted by atomic mass is 19.1. The number of hydrogen-bond acceptors (Lipinski definition) is 3. The van der Waals surface area contributed by atoms with E-state index < -0.39 is 5.95 Å². The third kappa shape index (κ3) is 14.6. The summed E-state index contributed by atoms with van der Waals surface area (Å²) >= 11 is 0. The SMILES string of the molecule is CC.CC.CC.CC(C)C.CCCn1cc(C=O)c(=O)cc1/C(C)=C/C(=C(C)C)c1ccc(F)nc1. The lowest BCUT2D eigenvalue weighted by Gasteiger charge is -2.15. The topological polar surface area (TPSA) is 52.0 Å². The number of carbonyl (C=O) groups excluding carboxylic acids is 1. The first-order valence-electron chi connectivity index (χ1n) is 13.3. The Balaban J connectivity index is -0.000000951. The van der Waals surface area contributed by atoms with Gasteiger partial charge < -0.3 is 4.57 Å². The van der Waals surface area contributed by atoms with Crippen molar-refractivity contribution in [1.82, 2.24) is 9.55 Å². The minimum Gasteiger partial charge on any atom is -0.347 e. The summed E-state index contributed by atoms with van der Waals surface area (Å²) in [6, 6.07) is 4.51. The molecule has 0 radical (unpaired) electrons. The number of halogens is 1. The van der Waals surface area contributed by atoms with Gasteiger partial charge in [0.1, 0.15) is 0 Å². The molecule has 2 heterocycles. The molecule has 0 bridgehead atoms. The summed E-state index contributed by atoms with van der Waals surface area (Å²) < 4.78 is 15.0. The van der Waals surface area contributed by atoms with E-state index in [2.05, 4.69) is 25.8 Å². The monoisotopic (exact) mass is 502 g/mol. The highest BCUT2D eigenvalue weighted by Crippen LogP contribution is 2.25. The molecule has 0 aliphatic heterocycles. The van der Waals surface area contributed by atoms with Crippen LogP contribution in [0.2, 0.25) is 0 Å². The van der Waals surface area contributed by atoms with Gasteiger partial charge in [-0.3, -0.25) is 9.59 Å². The second-order valence-electron chi connectivity index (χ2n) is 8.13. The molecular weight excluding hydrogens is 451 g/mol. The second-order valence-corrected chi connectivity index (χ2v) is 8.13. The van der Waals surface area contributed by atoms with Crippen molar-refractivity contribution in [3.8, 4) is 0 Å². The lowest BCUT2D eigenvalue weighted by Crippen LogP contribution is -2.15. The summed E-state index contributed by atoms with van der Waals surface area (Å²) in [7, 11) is 0. The van der Waals surface area contributed by atoms with Crippen molar-refractivity contribution >= 4 is 17.4 Å². The maximum Gasteiger partial charge on any atom is 0.212 e. The molecule has 0 saturated heterocycles. The quantitative estimate of drug-likeness (QED) is 0.225. The minimum absolute atomic E-state index is 0.153. The first kappa shape index (κ1) is 37.7. The molecule has 0 amide bonds. The van der Waals surface area contributed by atoms with Gasteiger partial charge in [0.2, 0.25) is 5.95 Å². The van der Waals surface area contributed by atoms with E-state index in [1.165, 1.54) is 18.3 Å². The van der Waals surface area contributed by atoms with Gasteiger partial charge in [0.15, 0.2) is 11.7 Å². The highest BCUT2D eigenvalue weighted by Gasteiger charge is 2.10. The molecule has 204 valence electrons. The fraction of sp³-hybridized carbons (Fsp3) is 0.516. The van der Waals surface area contributed by atoms with E-state index in [-0.39, 0.29) is 11.0 Å². The summed E-state index contributed by atoms with van der Waals surface area (Å²) in [5.41, 5.74) is 4.28. The first-order valence-corrected chi connectivity index (χ1v) is 13.3. The van der Waals surface area contributed by atoms with Crippen molar-refractivity contribution in [2.75, 3.05) is 0 Å². The van der Waals surface area contributed by atoms with E-state index in [9.17, 15) is 14.0 Å². The van der Waals surface area contributed by atoms with Gasteiger partial charge in [-0.05, 0) is 62.5 Å². The number of rotatable bonds is 6. The summed E-state index contributed by atoms with van der Waals surface area (Å²) in [6.07, 6.45) is 6.52. The maximum atomic E-state index is 13.1. The Bertz CT molecular complexity index is 962. The zero-order valence-corrected chi connectivity index (χ0v) is 25.1. The van der Waals surface area contributed by atoms with Gasteiger partial charge >= 0.3 is 0 Å². The molecule has 0 fully saturated rings. The zero-order chi connectivity index (χ0) is 28.8. The van der Waals surface area contributed by atoms with Crippen LogP contribution in [-0.2, 0) is 6.54 Å². The van der Waals surface area contributed by atoms with Crippen LogP contribution in [-0.4, -0.2) is 15.8 Å². The molecular formula is C31H51FN2O2. The van der Waals surface area contributed by atoms with Crippen LogP contribution in [0, 0.1) is 11.9 Å². The van der Waals surface area contributed by atoms with E-state index in [1.807, 2.05) is 79.9 Å². The van der Waals surface area contributed by atoms with Gasteiger partial charge in [-0.25, -0.2) is 4.98 Å². The molecule has 5 heteroatoms. The molecule has 2 rings (SSSR count). The molecule has 0 saturated carbocycles. The van der Waals surface area contributed by atoms with E-state index in [0.717, 1.165) is 40.3 Å². The van der Waals surface area contributed by atoms with Crippen LogP contribution in [0.15, 0.2) is 47.0 Å². The minimum atomic E-state index is -0.524. The number of pyridine rings is 2. The summed E-state index contributed by atoms with van der Waals surface area (Å²) in [6.45, 7) is 27.1. The Labute approximate surface area is 220 Å². The van der Waals surface area contributed by atoms with Gasteiger partial charge in [-0.1, -0.05) is 74.8 Å². The summed E-state index contributed by atoms with van der Waals surface area (Å²) in [5.74, 6) is 0.309. The molecule has 0 atom stereocenters. The molecule has 0 aliphatic rings. The number of aldehydes is 1. The number of carbonyl (C=O) groups is 1. The van der Waals surface area contributed by atoms with Gasteiger partial charge in [0, 0.05) is 36.3 Å². The van der Waals surface area contributed by atoms with Crippen molar-refractivity contribution in [3.05, 3.63) is 75.2 Å². The fourth-order valence-corrected chi connectivity index (χ4v) is 2.79. The maximum absolute atomic E-state index is 13.1. The predicted molar refractivity (Wildman–Crippen MR) is 157 cm³/mol. The number of nitrogens with zero attached hydrogens (tertiary/aromatic N) is 2. The third-order valence-corrected chi connectivity index (χ3v) is 4.09. The molecule has 2 aromatic heterocycles. The van der Waals surface area contributed by atoms with Crippen LogP contribution in [0.4, 0.5) is 4.39 Å². The van der Waals surface area contributed by atoms with Crippen molar-refractivity contribution in [3.63, 3.8) is 0 Å². The second kappa shape index (κ2) is 22.6. The van der Waals surface area contributed by atoms with Crippen molar-refractivity contribution < 1.29 is 9.18 Å². The van der Waals surface area contributed by atoms with Gasteiger partial charge in [0.05, 0.1) is 5.56 Å². The van der Waals surface area contributed by atoms with Gasteiger partial charge in [-0.2, -0.15) is 4.39 Å². The van der Waals surface area contributed by atoms with Crippen LogP contribution in [0.3, 0.4) is 0 Å². The average molecular weight is 503 g/mol. The van der Waals surface area contributed by atoms with E-state index in [4.69, 9.17) is 0 Å². The molecule has 4 nitrogen and oxygen atoms in total. The molecule has 36 heavy (non-hydrogen) atoms. The van der Waals surface area contributed by atoms with Gasteiger partial charge in [0.25, 0.3) is 0 Å². The zero-order valence-electron chi connectivity index (χ0n) is 25.1. The standard InChI is InChI=1S/C21H23FN2O2.C4H10.3C2H6/c1-5-8-24-12-17(13-25)20(26)10-19(24)15(4)9-18(14(2)3)16-6-7-21(22)23-11-16;1-4(2)3;3*1-2/h6-7,9-13H,5,8H2,1-4H3;4H,1-3H3;3*1-2H3/b15-9+;;;;. The van der Waals surface area contributed by atoms with Gasteiger partial charge in [-0.15, -0.1) is 0 Å². The Hall–Kier alpha value is -2.82. The normalized spacial score (nSPS) is 9.69.